The molecular formula is C15H15BrClNO6. The van der Waals surface area contributed by atoms with E-state index in [0.717, 1.165) is 15.6 Å². The van der Waals surface area contributed by atoms with Crippen molar-refractivity contribution < 1.29 is 43.0 Å². The second-order valence-electron chi connectivity index (χ2n) is 4.71. The van der Waals surface area contributed by atoms with Gasteiger partial charge in [0.05, 0.1) is 6.42 Å². The normalized spacial score (nSPS) is 10.6. The molecule has 130 valence electrons. The van der Waals surface area contributed by atoms with Gasteiger partial charge in [0.1, 0.15) is 13.7 Å². The van der Waals surface area contributed by atoms with Crippen LogP contribution >= 0.6 is 15.9 Å². The lowest BCUT2D eigenvalue weighted by Crippen LogP contribution is -2.68. The predicted octanol–water partition coefficient (Wildman–Crippen LogP) is -2.20. The first-order valence-electron chi connectivity index (χ1n) is 6.59. The monoisotopic (exact) mass is 419 g/mol. The number of esters is 1. The number of aromatic nitrogens is 1. The first-order valence-corrected chi connectivity index (χ1v) is 8.62. The van der Waals surface area contributed by atoms with Crippen LogP contribution in [0.1, 0.15) is 11.1 Å². The standard InChI is InChI=1S/C15H15BrNO2.ClHO4/c1-17-8-6-12(7-9-17)10-15(18)19-11-13-2-4-14(16)5-3-13;2-1(3,4)5/h2-9H,10-11H2,1H3;(H,2,3,4,5)/q+1;/p-1. The van der Waals surface area contributed by atoms with Crippen LogP contribution in [0, 0.1) is 10.2 Å². The van der Waals surface area contributed by atoms with Crippen LogP contribution in [0.25, 0.3) is 0 Å². The topological polar surface area (TPSA) is 122 Å². The lowest BCUT2D eigenvalue weighted by atomic mass is 10.2. The van der Waals surface area contributed by atoms with Gasteiger partial charge in [-0.1, -0.05) is 28.1 Å². The SMILES string of the molecule is C[n+]1ccc(CC(=O)OCc2ccc(Br)cc2)cc1.[O-][Cl+3]([O-])([O-])[O-]. The minimum Gasteiger partial charge on any atom is -0.461 e. The van der Waals surface area contributed by atoms with Gasteiger partial charge in [-0.3, -0.25) is 4.79 Å². The Morgan fingerprint density at radius 3 is 2.04 bits per heavy atom. The first-order chi connectivity index (χ1) is 11.1. The first kappa shape index (κ1) is 20.5. The van der Waals surface area contributed by atoms with Crippen molar-refractivity contribution in [2.24, 2.45) is 7.05 Å². The maximum atomic E-state index is 11.7. The molecule has 0 aliphatic carbocycles. The number of nitrogens with zero attached hydrogens (tertiary/aromatic N) is 1. The van der Waals surface area contributed by atoms with Crippen LogP contribution < -0.4 is 23.2 Å². The van der Waals surface area contributed by atoms with E-state index in [-0.39, 0.29) is 5.97 Å². The van der Waals surface area contributed by atoms with E-state index < -0.39 is 10.2 Å². The van der Waals surface area contributed by atoms with Crippen molar-refractivity contribution >= 4 is 21.9 Å². The van der Waals surface area contributed by atoms with Crippen molar-refractivity contribution in [2.45, 2.75) is 13.0 Å². The van der Waals surface area contributed by atoms with Gasteiger partial charge >= 0.3 is 5.97 Å². The molecule has 0 fully saturated rings. The Bertz CT molecular complexity index is 637. The molecule has 2 rings (SSSR count). The summed E-state index contributed by atoms with van der Waals surface area (Å²) in [7, 11) is -3.00. The van der Waals surface area contributed by atoms with Crippen molar-refractivity contribution in [1.29, 1.82) is 0 Å². The molecule has 0 radical (unpaired) electrons. The Morgan fingerprint density at radius 1 is 1.04 bits per heavy atom. The fourth-order valence-corrected chi connectivity index (χ4v) is 1.88. The fraction of sp³-hybridized carbons (Fsp3) is 0.200. The number of hydrogen-bond donors (Lipinski definition) is 0. The van der Waals surface area contributed by atoms with Crippen LogP contribution in [0.4, 0.5) is 0 Å². The summed E-state index contributed by atoms with van der Waals surface area (Å²) in [6.45, 7) is 0.312. The van der Waals surface area contributed by atoms with Gasteiger partial charge in [-0.15, -0.1) is 10.2 Å². The number of aryl methyl sites for hydroxylation is 1. The van der Waals surface area contributed by atoms with E-state index in [9.17, 15) is 4.79 Å². The third-order valence-electron chi connectivity index (χ3n) is 2.71. The summed E-state index contributed by atoms with van der Waals surface area (Å²) >= 11 is 3.37. The average Bonchev–Trinajstić information content (AvgIpc) is 2.47. The van der Waals surface area contributed by atoms with Crippen LogP contribution in [0.15, 0.2) is 53.3 Å². The summed E-state index contributed by atoms with van der Waals surface area (Å²) in [4.78, 5) is 11.7. The summed E-state index contributed by atoms with van der Waals surface area (Å²) in [6.07, 6.45) is 4.13. The van der Waals surface area contributed by atoms with Crippen molar-refractivity contribution in [1.82, 2.24) is 0 Å². The second kappa shape index (κ2) is 9.67. The van der Waals surface area contributed by atoms with E-state index in [1.165, 1.54) is 0 Å². The summed E-state index contributed by atoms with van der Waals surface area (Å²) in [5.41, 5.74) is 1.94. The third kappa shape index (κ3) is 10.3. The van der Waals surface area contributed by atoms with Crippen LogP contribution in [-0.4, -0.2) is 5.97 Å². The summed E-state index contributed by atoms with van der Waals surface area (Å²) in [5, 5.41) is 0. The van der Waals surface area contributed by atoms with Crippen LogP contribution in [0.5, 0.6) is 0 Å². The smallest absolute Gasteiger partial charge is 0.310 e. The van der Waals surface area contributed by atoms with Gasteiger partial charge in [0, 0.05) is 16.6 Å². The quantitative estimate of drug-likeness (QED) is 0.409. The number of hydrogen-bond acceptors (Lipinski definition) is 6. The average molecular weight is 421 g/mol. The molecule has 0 bridgehead atoms. The van der Waals surface area contributed by atoms with Gasteiger partial charge in [0.15, 0.2) is 12.4 Å². The summed E-state index contributed by atoms with van der Waals surface area (Å²) in [5.74, 6) is -0.211. The number of benzene rings is 1. The van der Waals surface area contributed by atoms with E-state index in [0.29, 0.717) is 13.0 Å². The van der Waals surface area contributed by atoms with Crippen molar-refractivity contribution in [2.75, 3.05) is 0 Å². The van der Waals surface area contributed by atoms with Gasteiger partial charge < -0.3 is 4.74 Å². The van der Waals surface area contributed by atoms with Gasteiger partial charge in [-0.25, -0.2) is 23.2 Å². The van der Waals surface area contributed by atoms with Gasteiger partial charge in [0.2, 0.25) is 0 Å². The molecule has 1 aromatic heterocycles. The van der Waals surface area contributed by atoms with Crippen molar-refractivity contribution in [3.8, 4) is 0 Å². The van der Waals surface area contributed by atoms with E-state index in [1.54, 1.807) is 0 Å². The predicted molar refractivity (Wildman–Crippen MR) is 75.3 cm³/mol. The van der Waals surface area contributed by atoms with Crippen molar-refractivity contribution in [3.63, 3.8) is 0 Å². The van der Waals surface area contributed by atoms with Gasteiger partial charge in [0.25, 0.3) is 0 Å². The highest BCUT2D eigenvalue weighted by Gasteiger charge is 2.06. The molecular weight excluding hydrogens is 406 g/mol. The number of rotatable bonds is 4. The molecule has 0 spiro atoms. The van der Waals surface area contributed by atoms with Crippen LogP contribution in [0.3, 0.4) is 0 Å². The van der Waals surface area contributed by atoms with Crippen LogP contribution in [0.2, 0.25) is 0 Å². The zero-order valence-corrected chi connectivity index (χ0v) is 15.0. The largest absolute Gasteiger partial charge is 0.461 e. The molecule has 0 aliphatic heterocycles. The molecule has 0 amide bonds. The van der Waals surface area contributed by atoms with E-state index >= 15 is 0 Å². The van der Waals surface area contributed by atoms with E-state index in [2.05, 4.69) is 15.9 Å². The molecule has 1 aromatic carbocycles. The minimum atomic E-state index is -4.94. The molecule has 2 aromatic rings. The van der Waals surface area contributed by atoms with E-state index in [1.807, 2.05) is 60.4 Å². The summed E-state index contributed by atoms with van der Waals surface area (Å²) in [6, 6.07) is 11.6. The molecule has 7 nitrogen and oxygen atoms in total. The maximum Gasteiger partial charge on any atom is 0.310 e. The molecule has 0 aliphatic rings. The Labute approximate surface area is 149 Å². The Morgan fingerprint density at radius 2 is 1.54 bits per heavy atom. The Hall–Kier alpha value is -1.55. The number of carbonyl (C=O) groups excluding carboxylic acids is 1. The highest BCUT2D eigenvalue weighted by molar-refractivity contribution is 9.10. The van der Waals surface area contributed by atoms with Gasteiger partial charge in [-0.2, -0.15) is 0 Å². The number of halogens is 2. The lowest BCUT2D eigenvalue weighted by molar-refractivity contribution is -2.00. The number of pyridine rings is 1. The lowest BCUT2D eigenvalue weighted by Gasteiger charge is -2.17. The fourth-order valence-electron chi connectivity index (χ4n) is 1.61. The van der Waals surface area contributed by atoms with Crippen LogP contribution in [-0.2, 0) is 29.6 Å². The highest BCUT2D eigenvalue weighted by Crippen LogP contribution is 2.11. The van der Waals surface area contributed by atoms with E-state index in [4.69, 9.17) is 23.4 Å². The molecule has 1 heterocycles. The zero-order chi connectivity index (χ0) is 18.2. The summed E-state index contributed by atoms with van der Waals surface area (Å²) < 4.78 is 42.2. The van der Waals surface area contributed by atoms with Crippen molar-refractivity contribution in [3.05, 3.63) is 64.4 Å². The second-order valence-corrected chi connectivity index (χ2v) is 6.39. The number of ether oxygens (including phenoxy) is 1. The molecule has 0 saturated heterocycles. The Balaban J connectivity index is 0.000000505. The molecule has 24 heavy (non-hydrogen) atoms. The molecule has 0 N–H and O–H groups in total. The minimum absolute atomic E-state index is 0.211. The van der Waals surface area contributed by atoms with Gasteiger partial charge in [-0.05, 0) is 23.3 Å². The zero-order valence-electron chi connectivity index (χ0n) is 12.7. The highest BCUT2D eigenvalue weighted by atomic mass is 79.9. The molecule has 9 heteroatoms. The number of carbonyl (C=O) groups is 1. The molecule has 0 atom stereocenters. The third-order valence-corrected chi connectivity index (χ3v) is 3.24. The molecule has 0 saturated carbocycles. The maximum absolute atomic E-state index is 11.7. The molecule has 0 unspecified atom stereocenters. The Kier molecular flexibility index (Phi) is 8.26.